The lowest BCUT2D eigenvalue weighted by Crippen LogP contribution is -2.27. The monoisotopic (exact) mass is 258 g/mol. The molecule has 1 radical (unpaired) electrons. The van der Waals surface area contributed by atoms with E-state index in [9.17, 15) is 9.59 Å². The summed E-state index contributed by atoms with van der Waals surface area (Å²) in [5, 5.41) is 0.491. The van der Waals surface area contributed by atoms with Gasteiger partial charge in [0.2, 0.25) is 5.91 Å². The third-order valence-electron chi connectivity index (χ3n) is 2.68. The van der Waals surface area contributed by atoms with E-state index in [0.29, 0.717) is 28.0 Å². The third-order valence-corrected chi connectivity index (χ3v) is 3.00. The van der Waals surface area contributed by atoms with Crippen molar-refractivity contribution < 1.29 is 9.59 Å². The van der Waals surface area contributed by atoms with Crippen molar-refractivity contribution in [2.75, 3.05) is 4.81 Å². The van der Waals surface area contributed by atoms with Crippen LogP contribution in [-0.4, -0.2) is 19.6 Å². The van der Waals surface area contributed by atoms with Gasteiger partial charge >= 0.3 is 0 Å². The minimum absolute atomic E-state index is 0.182. The number of para-hydroxylation sites is 1. The molecule has 1 amide bonds. The fourth-order valence-electron chi connectivity index (χ4n) is 1.84. The second-order valence-electron chi connectivity index (χ2n) is 3.72. The van der Waals surface area contributed by atoms with Gasteiger partial charge in [-0.25, -0.2) is 0 Å². The smallest absolute Gasteiger partial charge is 0.296 e. The number of amides is 1. The molecule has 5 heteroatoms. The van der Waals surface area contributed by atoms with Gasteiger partial charge in [-0.1, -0.05) is 29.8 Å². The molecule has 0 bridgehead atoms. The van der Waals surface area contributed by atoms with Gasteiger partial charge in [0.1, 0.15) is 6.29 Å². The molecule has 1 aromatic carbocycles. The van der Waals surface area contributed by atoms with E-state index in [1.165, 1.54) is 10.9 Å². The summed E-state index contributed by atoms with van der Waals surface area (Å²) in [6.45, 7) is 1.76. The Morgan fingerprint density at radius 1 is 1.33 bits per heavy atom. The zero-order chi connectivity index (χ0) is 13.1. The lowest BCUT2D eigenvalue weighted by atomic mass is 9.81. The van der Waals surface area contributed by atoms with E-state index in [4.69, 9.17) is 11.6 Å². The van der Waals surface area contributed by atoms with E-state index in [-0.39, 0.29) is 5.91 Å². The average Bonchev–Trinajstić information content (AvgIpc) is 2.67. The van der Waals surface area contributed by atoms with Crippen molar-refractivity contribution in [3.05, 3.63) is 52.5 Å². The van der Waals surface area contributed by atoms with Crippen LogP contribution in [0.2, 0.25) is 5.02 Å². The third kappa shape index (κ3) is 2.11. The zero-order valence-corrected chi connectivity index (χ0v) is 10.5. The van der Waals surface area contributed by atoms with Crippen LogP contribution in [0.4, 0.5) is 5.69 Å². The number of hydrogen-bond donors (Lipinski definition) is 0. The quantitative estimate of drug-likeness (QED) is 0.464. The molecule has 1 aromatic rings. The van der Waals surface area contributed by atoms with Crippen LogP contribution < -0.4 is 4.81 Å². The molecule has 1 aliphatic heterocycles. The maximum Gasteiger partial charge on any atom is 0.296 e. The molecule has 2 rings (SSSR count). The number of carbonyl (C=O) groups excluding carboxylic acids is 2. The molecule has 3 nitrogen and oxygen atoms in total. The molecule has 89 valence electrons. The van der Waals surface area contributed by atoms with Crippen molar-refractivity contribution in [2.45, 2.75) is 6.92 Å². The van der Waals surface area contributed by atoms with Gasteiger partial charge in [-0.05, 0) is 30.6 Å². The number of aldehydes is 1. The predicted molar refractivity (Wildman–Crippen MR) is 72.6 cm³/mol. The molecule has 0 atom stereocenters. The number of halogens is 1. The van der Waals surface area contributed by atoms with Gasteiger partial charge in [0.25, 0.3) is 7.41 Å². The fraction of sp³-hybridized carbons (Fsp3) is 0.0769. The first-order chi connectivity index (χ1) is 8.69. The highest BCUT2D eigenvalue weighted by Crippen LogP contribution is 2.31. The SMILES string of the molecule is C/C=C1\C(=O)N(c2ccccc2Cl)[B]\C1=C\C=O. The van der Waals surface area contributed by atoms with Crippen LogP contribution in [0.25, 0.3) is 0 Å². The number of carbonyl (C=O) groups is 2. The van der Waals surface area contributed by atoms with Crippen LogP contribution in [0.15, 0.2) is 47.5 Å². The zero-order valence-electron chi connectivity index (χ0n) is 9.76. The van der Waals surface area contributed by atoms with Crippen molar-refractivity contribution in [3.63, 3.8) is 0 Å². The summed E-state index contributed by atoms with van der Waals surface area (Å²) < 4.78 is 0. The van der Waals surface area contributed by atoms with E-state index in [1.807, 2.05) is 0 Å². The minimum Gasteiger partial charge on any atom is -0.352 e. The highest BCUT2D eigenvalue weighted by Gasteiger charge is 2.32. The molecule has 0 saturated carbocycles. The van der Waals surface area contributed by atoms with Gasteiger partial charge in [-0.15, -0.1) is 0 Å². The van der Waals surface area contributed by atoms with Crippen LogP contribution in [-0.2, 0) is 9.59 Å². The Hall–Kier alpha value is -1.81. The Morgan fingerprint density at radius 3 is 2.67 bits per heavy atom. The van der Waals surface area contributed by atoms with E-state index in [2.05, 4.69) is 0 Å². The van der Waals surface area contributed by atoms with Crippen LogP contribution in [0, 0.1) is 0 Å². The Balaban J connectivity index is 2.44. The molecule has 0 aromatic heterocycles. The molecule has 0 spiro atoms. The van der Waals surface area contributed by atoms with Gasteiger partial charge in [-0.3, -0.25) is 9.59 Å². The molecule has 1 saturated heterocycles. The molecule has 18 heavy (non-hydrogen) atoms. The normalized spacial score (nSPS) is 19.4. The first-order valence-corrected chi connectivity index (χ1v) is 5.82. The first-order valence-electron chi connectivity index (χ1n) is 5.44. The van der Waals surface area contributed by atoms with E-state index >= 15 is 0 Å². The van der Waals surface area contributed by atoms with Crippen LogP contribution >= 0.6 is 11.6 Å². The number of hydrogen-bond acceptors (Lipinski definition) is 2. The van der Waals surface area contributed by atoms with Crippen molar-refractivity contribution in [1.82, 2.24) is 0 Å². The maximum absolute atomic E-state index is 12.2. The summed E-state index contributed by atoms with van der Waals surface area (Å²) in [5.74, 6) is -0.182. The largest absolute Gasteiger partial charge is 0.352 e. The maximum atomic E-state index is 12.2. The molecule has 1 aliphatic rings. The van der Waals surface area contributed by atoms with E-state index in [0.717, 1.165) is 0 Å². The summed E-state index contributed by atoms with van der Waals surface area (Å²) >= 11 is 6.06. The van der Waals surface area contributed by atoms with Crippen molar-refractivity contribution in [1.29, 1.82) is 0 Å². The van der Waals surface area contributed by atoms with Crippen LogP contribution in [0.3, 0.4) is 0 Å². The molecular weight excluding hydrogens is 248 g/mol. The molecule has 0 unspecified atom stereocenters. The average molecular weight is 258 g/mol. The van der Waals surface area contributed by atoms with Crippen molar-refractivity contribution in [3.8, 4) is 0 Å². The second kappa shape index (κ2) is 5.23. The topological polar surface area (TPSA) is 37.4 Å². The van der Waals surface area contributed by atoms with Crippen LogP contribution in [0.1, 0.15) is 6.92 Å². The van der Waals surface area contributed by atoms with Crippen molar-refractivity contribution >= 4 is 36.9 Å². The molecular formula is C13H10BClNO2. The highest BCUT2D eigenvalue weighted by molar-refractivity contribution is 6.65. The molecule has 0 N–H and O–H groups in total. The van der Waals surface area contributed by atoms with E-state index in [1.54, 1.807) is 44.7 Å². The number of nitrogens with zero attached hydrogens (tertiary/aromatic N) is 1. The Kier molecular flexibility index (Phi) is 3.67. The van der Waals surface area contributed by atoms with Gasteiger partial charge < -0.3 is 4.81 Å². The van der Waals surface area contributed by atoms with Gasteiger partial charge in [-0.2, -0.15) is 0 Å². The predicted octanol–water partition coefficient (Wildman–Crippen LogP) is 2.33. The number of allylic oxidation sites excluding steroid dienone is 2. The number of benzene rings is 1. The summed E-state index contributed by atoms with van der Waals surface area (Å²) in [5.41, 5.74) is 1.71. The van der Waals surface area contributed by atoms with Gasteiger partial charge in [0.15, 0.2) is 0 Å². The minimum atomic E-state index is -0.182. The molecule has 0 aliphatic carbocycles. The standard InChI is InChI=1S/C13H10BClNO2/c1-2-9-10(7-8-17)14-16(13(9)18)12-6-4-3-5-11(12)15/h2-8H,1H3/b9-2-,10-7+. The lowest BCUT2D eigenvalue weighted by Gasteiger charge is -2.16. The number of anilines is 1. The highest BCUT2D eigenvalue weighted by atomic mass is 35.5. The summed E-state index contributed by atoms with van der Waals surface area (Å²) in [4.78, 5) is 24.2. The Bertz CT molecular complexity index is 566. The fourth-order valence-corrected chi connectivity index (χ4v) is 2.07. The summed E-state index contributed by atoms with van der Waals surface area (Å²) in [6, 6.07) is 7.08. The lowest BCUT2D eigenvalue weighted by molar-refractivity contribution is -0.113. The summed E-state index contributed by atoms with van der Waals surface area (Å²) in [6.07, 6.45) is 3.72. The van der Waals surface area contributed by atoms with E-state index < -0.39 is 0 Å². The second-order valence-corrected chi connectivity index (χ2v) is 4.12. The Labute approximate surface area is 111 Å². The van der Waals surface area contributed by atoms with Gasteiger partial charge in [0, 0.05) is 5.57 Å². The molecule has 1 heterocycles. The van der Waals surface area contributed by atoms with Crippen LogP contribution in [0.5, 0.6) is 0 Å². The van der Waals surface area contributed by atoms with Crippen molar-refractivity contribution in [2.24, 2.45) is 0 Å². The Morgan fingerprint density at radius 2 is 2.06 bits per heavy atom. The number of rotatable bonds is 2. The summed E-state index contributed by atoms with van der Waals surface area (Å²) in [7, 11) is 1.62. The first kappa shape index (κ1) is 12.6. The molecule has 1 fully saturated rings. The van der Waals surface area contributed by atoms with Gasteiger partial charge in [0.05, 0.1) is 10.7 Å².